The molecule has 0 amide bonds. The first-order valence-electron chi connectivity index (χ1n) is 2.87. The predicted octanol–water partition coefficient (Wildman–Crippen LogP) is 2.16. The van der Waals surface area contributed by atoms with Crippen LogP contribution in [0.15, 0.2) is 23.4 Å². The van der Waals surface area contributed by atoms with E-state index in [1.807, 2.05) is 0 Å². The Morgan fingerprint density at radius 3 is 2.45 bits per heavy atom. The van der Waals surface area contributed by atoms with Crippen LogP contribution < -0.4 is 5.32 Å². The van der Waals surface area contributed by atoms with Gasteiger partial charge in [0.05, 0.1) is 0 Å². The third-order valence-corrected chi connectivity index (χ3v) is 1.56. The minimum Gasteiger partial charge on any atom is -0.376 e. The summed E-state index contributed by atoms with van der Waals surface area (Å²) in [6, 6.07) is -1.74. The van der Waals surface area contributed by atoms with Crippen LogP contribution in [0.5, 0.6) is 0 Å². The van der Waals surface area contributed by atoms with Crippen LogP contribution in [0.3, 0.4) is 0 Å². The van der Waals surface area contributed by atoms with Crippen molar-refractivity contribution >= 4 is 11.6 Å². The Hall–Kier alpha value is -0.640. The summed E-state index contributed by atoms with van der Waals surface area (Å²) >= 11 is 5.29. The lowest BCUT2D eigenvalue weighted by atomic mass is 10.2. The van der Waals surface area contributed by atoms with E-state index in [9.17, 15) is 13.2 Å². The maximum absolute atomic E-state index is 12.0. The molecule has 62 valence electrons. The van der Waals surface area contributed by atoms with E-state index in [0.29, 0.717) is 0 Å². The molecule has 1 nitrogen and oxygen atoms in total. The Bertz CT molecular complexity index is 206. The van der Waals surface area contributed by atoms with Crippen LogP contribution in [0.2, 0.25) is 0 Å². The first-order chi connectivity index (χ1) is 5.02. The van der Waals surface area contributed by atoms with Crippen LogP contribution in [0.1, 0.15) is 0 Å². The molecule has 0 saturated carbocycles. The lowest BCUT2D eigenvalue weighted by Gasteiger charge is -2.21. The molecule has 0 aromatic heterocycles. The molecule has 0 aliphatic carbocycles. The minimum absolute atomic E-state index is 0.236. The first kappa shape index (κ1) is 8.46. The fourth-order valence-corrected chi connectivity index (χ4v) is 0.978. The van der Waals surface area contributed by atoms with E-state index in [1.165, 1.54) is 18.4 Å². The standard InChI is InChI=1S/C6H5ClF3N/c7-4-2-1-3-11-5(4)6(8,9)10/h1-3,5,11H. The Kier molecular flexibility index (Phi) is 2.13. The average Bonchev–Trinajstić information content (AvgIpc) is 1.86. The molecule has 0 spiro atoms. The van der Waals surface area contributed by atoms with Gasteiger partial charge in [-0.15, -0.1) is 0 Å². The molecule has 1 N–H and O–H groups in total. The lowest BCUT2D eigenvalue weighted by Crippen LogP contribution is -2.40. The number of dihydropyridines is 1. The monoisotopic (exact) mass is 183 g/mol. The molecular weight excluding hydrogens is 179 g/mol. The second-order valence-electron chi connectivity index (χ2n) is 2.05. The van der Waals surface area contributed by atoms with Crippen LogP contribution in [0.4, 0.5) is 13.2 Å². The highest BCUT2D eigenvalue weighted by Crippen LogP contribution is 2.28. The topological polar surface area (TPSA) is 12.0 Å². The summed E-state index contributed by atoms with van der Waals surface area (Å²) in [6.45, 7) is 0. The average molecular weight is 184 g/mol. The van der Waals surface area contributed by atoms with Crippen molar-refractivity contribution in [3.05, 3.63) is 23.4 Å². The summed E-state index contributed by atoms with van der Waals surface area (Å²) in [5.74, 6) is 0. The van der Waals surface area contributed by atoms with Crippen LogP contribution >= 0.6 is 11.6 Å². The second kappa shape index (κ2) is 2.77. The fraction of sp³-hybridized carbons (Fsp3) is 0.333. The van der Waals surface area contributed by atoms with Crippen molar-refractivity contribution in [2.24, 2.45) is 0 Å². The molecule has 11 heavy (non-hydrogen) atoms. The third kappa shape index (κ3) is 1.89. The normalized spacial score (nSPS) is 24.4. The molecule has 1 aliphatic rings. The van der Waals surface area contributed by atoms with Gasteiger partial charge in [-0.05, 0) is 18.4 Å². The number of hydrogen-bond acceptors (Lipinski definition) is 1. The number of hydrogen-bond donors (Lipinski definition) is 1. The van der Waals surface area contributed by atoms with Gasteiger partial charge in [-0.25, -0.2) is 0 Å². The van der Waals surface area contributed by atoms with Gasteiger partial charge in [0.15, 0.2) is 6.04 Å². The van der Waals surface area contributed by atoms with Crippen LogP contribution in [0.25, 0.3) is 0 Å². The molecule has 0 aromatic rings. The number of halogens is 4. The molecule has 1 unspecified atom stereocenters. The predicted molar refractivity (Wildman–Crippen MR) is 36.1 cm³/mol. The van der Waals surface area contributed by atoms with E-state index >= 15 is 0 Å². The van der Waals surface area contributed by atoms with Crippen molar-refractivity contribution in [3.8, 4) is 0 Å². The fourth-order valence-electron chi connectivity index (χ4n) is 0.718. The van der Waals surface area contributed by atoms with Crippen LogP contribution in [-0.4, -0.2) is 12.2 Å². The SMILES string of the molecule is FC(F)(F)C1NC=CC=C1Cl. The summed E-state index contributed by atoms with van der Waals surface area (Å²) in [7, 11) is 0. The Morgan fingerprint density at radius 2 is 2.09 bits per heavy atom. The van der Waals surface area contributed by atoms with Gasteiger partial charge in [0, 0.05) is 5.03 Å². The van der Waals surface area contributed by atoms with Crippen molar-refractivity contribution < 1.29 is 13.2 Å². The van der Waals surface area contributed by atoms with Crippen molar-refractivity contribution in [1.29, 1.82) is 0 Å². The van der Waals surface area contributed by atoms with Gasteiger partial charge in [0.25, 0.3) is 0 Å². The summed E-state index contributed by atoms with van der Waals surface area (Å²) in [5.41, 5.74) is 0. The highest BCUT2D eigenvalue weighted by molar-refractivity contribution is 6.30. The van der Waals surface area contributed by atoms with Crippen molar-refractivity contribution in [3.63, 3.8) is 0 Å². The van der Waals surface area contributed by atoms with E-state index in [4.69, 9.17) is 11.6 Å². The van der Waals surface area contributed by atoms with Gasteiger partial charge in [-0.3, -0.25) is 0 Å². The molecular formula is C6H5ClF3N. The van der Waals surface area contributed by atoms with E-state index in [2.05, 4.69) is 5.32 Å². The summed E-state index contributed by atoms with van der Waals surface area (Å²) in [5, 5.41) is 1.87. The smallest absolute Gasteiger partial charge is 0.376 e. The maximum atomic E-state index is 12.0. The largest absolute Gasteiger partial charge is 0.413 e. The molecule has 1 aliphatic heterocycles. The number of nitrogens with one attached hydrogen (secondary N) is 1. The Labute approximate surface area is 66.5 Å². The van der Waals surface area contributed by atoms with Crippen molar-refractivity contribution in [2.45, 2.75) is 12.2 Å². The Balaban J connectivity index is 2.76. The maximum Gasteiger partial charge on any atom is 0.413 e. The van der Waals surface area contributed by atoms with Gasteiger partial charge in [-0.1, -0.05) is 11.6 Å². The molecule has 1 heterocycles. The molecule has 5 heteroatoms. The molecule has 0 fully saturated rings. The van der Waals surface area contributed by atoms with Crippen molar-refractivity contribution in [2.75, 3.05) is 0 Å². The molecule has 1 atom stereocenters. The zero-order valence-electron chi connectivity index (χ0n) is 5.32. The van der Waals surface area contributed by atoms with Crippen molar-refractivity contribution in [1.82, 2.24) is 5.32 Å². The van der Waals surface area contributed by atoms with E-state index < -0.39 is 12.2 Å². The van der Waals surface area contributed by atoms with Gasteiger partial charge in [0.2, 0.25) is 0 Å². The highest BCUT2D eigenvalue weighted by Gasteiger charge is 2.41. The van der Waals surface area contributed by atoms with Crippen LogP contribution in [0, 0.1) is 0 Å². The van der Waals surface area contributed by atoms with Crippen LogP contribution in [-0.2, 0) is 0 Å². The number of rotatable bonds is 0. The molecule has 0 radical (unpaired) electrons. The summed E-state index contributed by atoms with van der Waals surface area (Å²) in [6.07, 6.45) is -0.469. The molecule has 0 saturated heterocycles. The number of allylic oxidation sites excluding steroid dienone is 2. The van der Waals surface area contributed by atoms with Gasteiger partial charge < -0.3 is 5.32 Å². The molecule has 0 bridgehead atoms. The van der Waals surface area contributed by atoms with E-state index in [-0.39, 0.29) is 5.03 Å². The minimum atomic E-state index is -4.32. The van der Waals surface area contributed by atoms with Gasteiger partial charge >= 0.3 is 6.18 Å². The zero-order chi connectivity index (χ0) is 8.48. The van der Waals surface area contributed by atoms with Gasteiger partial charge in [0.1, 0.15) is 0 Å². The quantitative estimate of drug-likeness (QED) is 0.607. The lowest BCUT2D eigenvalue weighted by molar-refractivity contribution is -0.143. The van der Waals surface area contributed by atoms with Gasteiger partial charge in [-0.2, -0.15) is 13.2 Å². The first-order valence-corrected chi connectivity index (χ1v) is 3.24. The zero-order valence-corrected chi connectivity index (χ0v) is 6.08. The molecule has 0 aromatic carbocycles. The summed E-state index contributed by atoms with van der Waals surface area (Å²) < 4.78 is 35.9. The third-order valence-electron chi connectivity index (χ3n) is 1.22. The summed E-state index contributed by atoms with van der Waals surface area (Å²) in [4.78, 5) is 0. The highest BCUT2D eigenvalue weighted by atomic mass is 35.5. The Morgan fingerprint density at radius 1 is 1.45 bits per heavy atom. The second-order valence-corrected chi connectivity index (χ2v) is 2.49. The van der Waals surface area contributed by atoms with E-state index in [0.717, 1.165) is 0 Å². The van der Waals surface area contributed by atoms with E-state index in [1.54, 1.807) is 0 Å². The number of alkyl halides is 3. The molecule has 1 rings (SSSR count).